The minimum Gasteiger partial charge on any atom is -0.493 e. The molecule has 0 aromatic heterocycles. The van der Waals surface area contributed by atoms with Gasteiger partial charge in [0.1, 0.15) is 5.75 Å². The fourth-order valence-corrected chi connectivity index (χ4v) is 4.32. The zero-order chi connectivity index (χ0) is 20.4. The van der Waals surface area contributed by atoms with E-state index >= 15 is 0 Å². The second-order valence-corrected chi connectivity index (χ2v) is 8.48. The van der Waals surface area contributed by atoms with Crippen molar-refractivity contribution in [3.8, 4) is 5.75 Å². The fourth-order valence-electron chi connectivity index (χ4n) is 3.86. The standard InChI is InChI=1S/C22H25Cl2N3O2/c1-15-2-4-18(23)22(21(15)24)25-20(28)14-27-9-7-26(8-10-27)13-16-3-5-19-17(12-16)6-11-29-19/h2-5,12H,6-11,13-14H2,1H3,(H,25,28). The van der Waals surface area contributed by atoms with Crippen molar-refractivity contribution in [1.82, 2.24) is 9.80 Å². The molecule has 2 aliphatic heterocycles. The summed E-state index contributed by atoms with van der Waals surface area (Å²) in [7, 11) is 0. The summed E-state index contributed by atoms with van der Waals surface area (Å²) in [5.41, 5.74) is 4.02. The number of nitrogens with zero attached hydrogens (tertiary/aromatic N) is 2. The Morgan fingerprint density at radius 1 is 1.10 bits per heavy atom. The summed E-state index contributed by atoms with van der Waals surface area (Å²) in [5.74, 6) is 0.935. The Bertz CT molecular complexity index is 911. The van der Waals surface area contributed by atoms with Crippen molar-refractivity contribution in [3.63, 3.8) is 0 Å². The highest BCUT2D eigenvalue weighted by atomic mass is 35.5. The Morgan fingerprint density at radius 3 is 2.66 bits per heavy atom. The molecule has 5 nitrogen and oxygen atoms in total. The van der Waals surface area contributed by atoms with Crippen molar-refractivity contribution in [2.45, 2.75) is 19.9 Å². The van der Waals surface area contributed by atoms with Gasteiger partial charge in [-0.3, -0.25) is 14.6 Å². The molecule has 0 bridgehead atoms. The van der Waals surface area contributed by atoms with Crippen LogP contribution in [0.15, 0.2) is 30.3 Å². The lowest BCUT2D eigenvalue weighted by Gasteiger charge is -2.34. The van der Waals surface area contributed by atoms with Crippen LogP contribution in [-0.4, -0.2) is 55.0 Å². The van der Waals surface area contributed by atoms with Crippen molar-refractivity contribution in [1.29, 1.82) is 0 Å². The molecule has 0 atom stereocenters. The molecular weight excluding hydrogens is 409 g/mol. The Labute approximate surface area is 181 Å². The van der Waals surface area contributed by atoms with Crippen molar-refractivity contribution in [2.24, 2.45) is 0 Å². The maximum Gasteiger partial charge on any atom is 0.238 e. The van der Waals surface area contributed by atoms with Gasteiger partial charge in [-0.05, 0) is 35.7 Å². The van der Waals surface area contributed by atoms with Gasteiger partial charge in [0.15, 0.2) is 0 Å². The first kappa shape index (κ1) is 20.5. The first-order valence-electron chi connectivity index (χ1n) is 9.93. The van der Waals surface area contributed by atoms with Crippen LogP contribution in [0.5, 0.6) is 5.75 Å². The fraction of sp³-hybridized carbons (Fsp3) is 0.409. The Balaban J connectivity index is 1.27. The third-order valence-electron chi connectivity index (χ3n) is 5.54. The number of piperazine rings is 1. The Kier molecular flexibility index (Phi) is 6.30. The normalized spacial score (nSPS) is 17.1. The first-order chi connectivity index (χ1) is 14.0. The van der Waals surface area contributed by atoms with Crippen LogP contribution in [0.1, 0.15) is 16.7 Å². The molecule has 1 fully saturated rings. The van der Waals surface area contributed by atoms with Crippen LogP contribution in [-0.2, 0) is 17.8 Å². The van der Waals surface area contributed by atoms with Gasteiger partial charge in [0, 0.05) is 39.1 Å². The van der Waals surface area contributed by atoms with E-state index in [2.05, 4.69) is 33.3 Å². The molecule has 0 unspecified atom stereocenters. The van der Waals surface area contributed by atoms with Crippen LogP contribution in [0.3, 0.4) is 0 Å². The summed E-state index contributed by atoms with van der Waals surface area (Å²) in [6.45, 7) is 7.54. The van der Waals surface area contributed by atoms with Crippen LogP contribution >= 0.6 is 23.2 Å². The van der Waals surface area contributed by atoms with E-state index in [1.54, 1.807) is 6.07 Å². The summed E-state index contributed by atoms with van der Waals surface area (Å²) in [5, 5.41) is 3.82. The minimum absolute atomic E-state index is 0.0912. The quantitative estimate of drug-likeness (QED) is 0.773. The third-order valence-corrected chi connectivity index (χ3v) is 6.34. The van der Waals surface area contributed by atoms with Crippen LogP contribution in [0, 0.1) is 6.92 Å². The highest BCUT2D eigenvalue weighted by molar-refractivity contribution is 6.40. The van der Waals surface area contributed by atoms with Crippen LogP contribution < -0.4 is 10.1 Å². The maximum atomic E-state index is 12.5. The van der Waals surface area contributed by atoms with E-state index in [-0.39, 0.29) is 5.91 Å². The van der Waals surface area contributed by atoms with Crippen LogP contribution in [0.4, 0.5) is 5.69 Å². The smallest absolute Gasteiger partial charge is 0.238 e. The Morgan fingerprint density at radius 2 is 1.86 bits per heavy atom. The third kappa shape index (κ3) is 4.86. The number of hydrogen-bond donors (Lipinski definition) is 1. The number of carbonyl (C=O) groups is 1. The molecule has 4 rings (SSSR count). The largest absolute Gasteiger partial charge is 0.493 e. The van der Waals surface area contributed by atoms with Crippen LogP contribution in [0.2, 0.25) is 10.0 Å². The summed E-state index contributed by atoms with van der Waals surface area (Å²) in [6, 6.07) is 10.1. The summed E-state index contributed by atoms with van der Waals surface area (Å²) in [6.07, 6.45) is 1.00. The summed E-state index contributed by atoms with van der Waals surface area (Å²) >= 11 is 12.5. The van der Waals surface area contributed by atoms with E-state index in [1.165, 1.54) is 11.1 Å². The topological polar surface area (TPSA) is 44.8 Å². The van der Waals surface area contributed by atoms with Crippen molar-refractivity contribution in [2.75, 3.05) is 44.6 Å². The van der Waals surface area contributed by atoms with Crippen LogP contribution in [0.25, 0.3) is 0 Å². The van der Waals surface area contributed by atoms with E-state index in [4.69, 9.17) is 27.9 Å². The highest BCUT2D eigenvalue weighted by Crippen LogP contribution is 2.33. The minimum atomic E-state index is -0.0912. The zero-order valence-electron chi connectivity index (χ0n) is 16.5. The lowest BCUT2D eigenvalue weighted by molar-refractivity contribution is -0.117. The van der Waals surface area contributed by atoms with Gasteiger partial charge in [-0.15, -0.1) is 0 Å². The highest BCUT2D eigenvalue weighted by Gasteiger charge is 2.21. The molecule has 0 radical (unpaired) electrons. The molecule has 0 aliphatic carbocycles. The maximum absolute atomic E-state index is 12.5. The second-order valence-electron chi connectivity index (χ2n) is 7.69. The Hall–Kier alpha value is -1.79. The summed E-state index contributed by atoms with van der Waals surface area (Å²) < 4.78 is 5.58. The van der Waals surface area contributed by atoms with Gasteiger partial charge in [-0.1, -0.05) is 41.4 Å². The molecule has 154 valence electrons. The molecular formula is C22H25Cl2N3O2. The number of hydrogen-bond acceptors (Lipinski definition) is 4. The molecule has 0 spiro atoms. The molecule has 2 aliphatic rings. The average molecular weight is 434 g/mol. The van der Waals surface area contributed by atoms with Crippen molar-refractivity contribution >= 4 is 34.8 Å². The molecule has 1 amide bonds. The van der Waals surface area contributed by atoms with E-state index in [9.17, 15) is 4.79 Å². The molecule has 1 N–H and O–H groups in total. The van der Waals surface area contributed by atoms with E-state index in [0.29, 0.717) is 22.3 Å². The SMILES string of the molecule is Cc1ccc(Cl)c(NC(=O)CN2CCN(Cc3ccc4c(c3)CCO4)CC2)c1Cl. The summed E-state index contributed by atoms with van der Waals surface area (Å²) in [4.78, 5) is 17.1. The number of nitrogens with one attached hydrogen (secondary N) is 1. The van der Waals surface area contributed by atoms with Gasteiger partial charge in [0.2, 0.25) is 5.91 Å². The van der Waals surface area contributed by atoms with Gasteiger partial charge in [0.05, 0.1) is 28.9 Å². The molecule has 0 saturated carbocycles. The lowest BCUT2D eigenvalue weighted by Crippen LogP contribution is -2.48. The predicted molar refractivity (Wildman–Crippen MR) is 117 cm³/mol. The molecule has 29 heavy (non-hydrogen) atoms. The first-order valence-corrected chi connectivity index (χ1v) is 10.7. The van der Waals surface area contributed by atoms with Gasteiger partial charge >= 0.3 is 0 Å². The molecule has 1 saturated heterocycles. The van der Waals surface area contributed by atoms with Gasteiger partial charge in [-0.2, -0.15) is 0 Å². The number of aryl methyl sites for hydroxylation is 1. The number of halogens is 2. The number of anilines is 1. The zero-order valence-corrected chi connectivity index (χ0v) is 18.0. The average Bonchev–Trinajstić information content (AvgIpc) is 3.18. The van der Waals surface area contributed by atoms with Crippen molar-refractivity contribution < 1.29 is 9.53 Å². The number of benzene rings is 2. The lowest BCUT2D eigenvalue weighted by atomic mass is 10.1. The number of fused-ring (bicyclic) bond motifs is 1. The molecule has 2 aromatic carbocycles. The van der Waals surface area contributed by atoms with Gasteiger partial charge < -0.3 is 10.1 Å². The number of carbonyl (C=O) groups excluding carboxylic acids is 1. The van der Waals surface area contributed by atoms with Crippen molar-refractivity contribution in [3.05, 3.63) is 57.1 Å². The number of ether oxygens (including phenoxy) is 1. The number of amides is 1. The monoisotopic (exact) mass is 433 g/mol. The van der Waals surface area contributed by atoms with E-state index in [1.807, 2.05) is 13.0 Å². The molecule has 2 aromatic rings. The van der Waals surface area contributed by atoms with Gasteiger partial charge in [0.25, 0.3) is 0 Å². The second kappa shape index (κ2) is 8.92. The van der Waals surface area contributed by atoms with E-state index in [0.717, 1.165) is 57.1 Å². The molecule has 2 heterocycles. The number of rotatable bonds is 5. The predicted octanol–water partition coefficient (Wildman–Crippen LogP) is 3.99. The van der Waals surface area contributed by atoms with Gasteiger partial charge in [-0.25, -0.2) is 0 Å². The van der Waals surface area contributed by atoms with E-state index < -0.39 is 0 Å². The molecule has 7 heteroatoms.